The second-order valence-electron chi connectivity index (χ2n) is 8.41. The fourth-order valence-electron chi connectivity index (χ4n) is 3.95. The lowest BCUT2D eigenvalue weighted by molar-refractivity contribution is 0.113. The van der Waals surface area contributed by atoms with E-state index in [-0.39, 0.29) is 10.9 Å². The molecule has 3 nitrogen and oxygen atoms in total. The highest BCUT2D eigenvalue weighted by molar-refractivity contribution is 7.97. The maximum absolute atomic E-state index is 13.2. The van der Waals surface area contributed by atoms with Gasteiger partial charge in [-0.2, -0.15) is 0 Å². The van der Waals surface area contributed by atoms with Crippen LogP contribution in [-0.4, -0.2) is 24.1 Å². The van der Waals surface area contributed by atoms with E-state index in [1.165, 1.54) is 31.4 Å². The highest BCUT2D eigenvalue weighted by atomic mass is 32.2. The van der Waals surface area contributed by atoms with Crippen LogP contribution in [0.4, 0.5) is 26.3 Å². The summed E-state index contributed by atoms with van der Waals surface area (Å²) in [6.45, 7) is 6.65. The Hall–Kier alpha value is -3.02. The van der Waals surface area contributed by atoms with Crippen LogP contribution in [0.5, 0.6) is 0 Å². The number of hydrogen-bond acceptors (Lipinski definition) is 3. The Morgan fingerprint density at radius 1 is 0.789 bits per heavy atom. The maximum Gasteiger partial charge on any atom is 0.289 e. The molecular formula is C27H22F6O3S2. The summed E-state index contributed by atoms with van der Waals surface area (Å²) in [5.41, 5.74) is 4.10. The summed E-state index contributed by atoms with van der Waals surface area (Å²) in [6.07, 6.45) is -4.09. The molecule has 0 saturated carbocycles. The van der Waals surface area contributed by atoms with Crippen LogP contribution in [0.25, 0.3) is 0 Å². The maximum atomic E-state index is 13.2. The fourth-order valence-corrected chi connectivity index (χ4v) is 6.98. The molecule has 11 heteroatoms. The Morgan fingerprint density at radius 2 is 1.21 bits per heavy atom. The van der Waals surface area contributed by atoms with E-state index >= 15 is 0 Å². The van der Waals surface area contributed by atoms with Crippen molar-refractivity contribution in [2.45, 2.75) is 46.6 Å². The first-order valence-electron chi connectivity index (χ1n) is 11.0. The summed E-state index contributed by atoms with van der Waals surface area (Å²) in [4.78, 5) is 4.22. The van der Waals surface area contributed by atoms with E-state index in [0.717, 1.165) is 0 Å². The topological polar surface area (TPSA) is 57.2 Å². The van der Waals surface area contributed by atoms with Gasteiger partial charge in [-0.15, -0.1) is 0 Å². The molecule has 2 unspecified atom stereocenters. The zero-order chi connectivity index (χ0) is 28.4. The molecule has 0 radical (unpaired) electrons. The minimum Gasteiger partial charge on any atom is -0.745 e. The summed E-state index contributed by atoms with van der Waals surface area (Å²) in [5, 5.41) is -5.13. The molecule has 0 fully saturated rings. The number of rotatable bonds is 4. The van der Waals surface area contributed by atoms with Crippen molar-refractivity contribution in [1.29, 1.82) is 0 Å². The van der Waals surface area contributed by atoms with Gasteiger partial charge in [-0.05, 0) is 45.0 Å². The number of alkyl halides is 2. The molecule has 0 bridgehead atoms. The SMILES string of the molecule is Cc1cc(C)c([S+](c2ccccc2)c2ccccc2)c(C)c1.O=S(=O)([O-])C1(F)C(F)=C(F)C(F)=C(F)C1F. The second-order valence-corrected chi connectivity index (χ2v) is 11.9. The van der Waals surface area contributed by atoms with Crippen molar-refractivity contribution in [2.75, 3.05) is 0 Å². The molecule has 0 aliphatic heterocycles. The Morgan fingerprint density at radius 3 is 1.61 bits per heavy atom. The van der Waals surface area contributed by atoms with Crippen LogP contribution in [0, 0.1) is 20.8 Å². The monoisotopic (exact) mass is 572 g/mol. The molecule has 0 saturated heterocycles. The van der Waals surface area contributed by atoms with E-state index in [2.05, 4.69) is 93.6 Å². The lowest BCUT2D eigenvalue weighted by Gasteiger charge is -2.31. The molecule has 4 rings (SSSR count). The lowest BCUT2D eigenvalue weighted by Crippen LogP contribution is -2.46. The van der Waals surface area contributed by atoms with Crippen LogP contribution >= 0.6 is 0 Å². The summed E-state index contributed by atoms with van der Waals surface area (Å²) in [6, 6.07) is 26.3. The third kappa shape index (κ3) is 5.55. The highest BCUT2D eigenvalue weighted by Crippen LogP contribution is 2.46. The van der Waals surface area contributed by atoms with Crippen LogP contribution in [0.3, 0.4) is 0 Å². The number of aryl methyl sites for hydroxylation is 3. The third-order valence-electron chi connectivity index (χ3n) is 5.57. The van der Waals surface area contributed by atoms with Gasteiger partial charge in [0.05, 0.1) is 10.9 Å². The average Bonchev–Trinajstić information content (AvgIpc) is 2.88. The van der Waals surface area contributed by atoms with Crippen molar-refractivity contribution >= 4 is 21.0 Å². The van der Waals surface area contributed by atoms with Gasteiger partial charge >= 0.3 is 0 Å². The molecule has 202 valence electrons. The normalized spacial score (nSPS) is 19.9. The van der Waals surface area contributed by atoms with E-state index in [1.54, 1.807) is 0 Å². The molecule has 3 aromatic carbocycles. The van der Waals surface area contributed by atoms with Crippen LogP contribution < -0.4 is 0 Å². The first-order chi connectivity index (χ1) is 17.7. The summed E-state index contributed by atoms with van der Waals surface area (Å²) >= 11 is 0. The average molecular weight is 573 g/mol. The van der Waals surface area contributed by atoms with E-state index in [4.69, 9.17) is 0 Å². The smallest absolute Gasteiger partial charge is 0.289 e. The summed E-state index contributed by atoms with van der Waals surface area (Å²) in [5.74, 6) is -11.6. The predicted molar refractivity (Wildman–Crippen MR) is 133 cm³/mol. The zero-order valence-electron chi connectivity index (χ0n) is 20.3. The van der Waals surface area contributed by atoms with Crippen LogP contribution in [-0.2, 0) is 21.0 Å². The van der Waals surface area contributed by atoms with Crippen molar-refractivity contribution in [3.8, 4) is 0 Å². The van der Waals surface area contributed by atoms with Crippen molar-refractivity contribution in [3.63, 3.8) is 0 Å². The van der Waals surface area contributed by atoms with E-state index in [1.807, 2.05) is 0 Å². The molecule has 0 spiro atoms. The van der Waals surface area contributed by atoms with Gasteiger partial charge in [0.15, 0.2) is 38.0 Å². The van der Waals surface area contributed by atoms with Gasteiger partial charge in [0.1, 0.15) is 10.1 Å². The molecule has 2 atom stereocenters. The van der Waals surface area contributed by atoms with Gasteiger partial charge in [-0.25, -0.2) is 34.8 Å². The number of hydrogen-bond donors (Lipinski definition) is 0. The number of halogens is 6. The molecule has 3 aromatic rings. The van der Waals surface area contributed by atoms with E-state index in [0.29, 0.717) is 0 Å². The second kappa shape index (κ2) is 11.4. The Balaban J connectivity index is 0.000000223. The van der Waals surface area contributed by atoms with Gasteiger partial charge in [-0.1, -0.05) is 54.1 Å². The molecule has 1 aliphatic carbocycles. The molecule has 38 heavy (non-hydrogen) atoms. The zero-order valence-corrected chi connectivity index (χ0v) is 21.9. The predicted octanol–water partition coefficient (Wildman–Crippen LogP) is 7.56. The Bertz CT molecular complexity index is 1430. The Kier molecular flexibility index (Phi) is 8.85. The van der Waals surface area contributed by atoms with Crippen molar-refractivity contribution < 1.29 is 39.3 Å². The van der Waals surface area contributed by atoms with Crippen molar-refractivity contribution in [2.24, 2.45) is 0 Å². The summed E-state index contributed by atoms with van der Waals surface area (Å²) < 4.78 is 106. The molecule has 0 aromatic heterocycles. The van der Waals surface area contributed by atoms with Gasteiger partial charge in [0.25, 0.3) is 5.00 Å². The van der Waals surface area contributed by atoms with E-state index in [9.17, 15) is 39.3 Å². The van der Waals surface area contributed by atoms with Crippen LogP contribution in [0.15, 0.2) is 111 Å². The quantitative estimate of drug-likeness (QED) is 0.184. The molecular weight excluding hydrogens is 550 g/mol. The van der Waals surface area contributed by atoms with Crippen LogP contribution in [0.1, 0.15) is 16.7 Å². The number of allylic oxidation sites excluding steroid dienone is 3. The number of benzene rings is 3. The van der Waals surface area contributed by atoms with Gasteiger partial charge in [-0.3, -0.25) is 0 Å². The minimum absolute atomic E-state index is 0.0460. The molecule has 0 amide bonds. The van der Waals surface area contributed by atoms with Crippen LogP contribution in [0.2, 0.25) is 0 Å². The van der Waals surface area contributed by atoms with Gasteiger partial charge in [0, 0.05) is 11.1 Å². The first kappa shape index (κ1) is 29.5. The Labute approximate surface area is 219 Å². The molecule has 0 N–H and O–H groups in total. The molecule has 1 aliphatic rings. The first-order valence-corrected chi connectivity index (χ1v) is 13.7. The van der Waals surface area contributed by atoms with Crippen molar-refractivity contribution in [1.82, 2.24) is 0 Å². The van der Waals surface area contributed by atoms with E-state index < -0.39 is 44.6 Å². The molecule has 0 heterocycles. The lowest BCUT2D eigenvalue weighted by atomic mass is 10.1. The van der Waals surface area contributed by atoms with Crippen molar-refractivity contribution in [3.05, 3.63) is 113 Å². The standard InChI is InChI=1S/C21H21S.C6H2F6O3S/c1-16-14-17(2)21(18(3)15-16)22(19-10-6-4-7-11-19)20-12-8-5-9-13-20;7-1-2(8)4(10)6(12,16(13,14)15)5(11)3(1)9/h4-15H,1-3H3;4H,(H,13,14,15)/q+1;/p-1. The summed E-state index contributed by atoms with van der Waals surface area (Å²) in [7, 11) is -6.46. The highest BCUT2D eigenvalue weighted by Gasteiger charge is 2.59. The third-order valence-corrected chi connectivity index (χ3v) is 9.23. The van der Waals surface area contributed by atoms with Gasteiger partial charge in [0.2, 0.25) is 6.17 Å². The minimum atomic E-state index is -6.42. The van der Waals surface area contributed by atoms with Gasteiger partial charge < -0.3 is 4.55 Å². The largest absolute Gasteiger partial charge is 0.745 e. The fraction of sp³-hybridized carbons (Fsp3) is 0.185.